The molecule has 2 heteroatoms. The minimum Gasteiger partial charge on any atom is -0.370 e. The molecule has 1 fully saturated rings. The van der Waals surface area contributed by atoms with Crippen LogP contribution < -0.4 is 0 Å². The monoisotopic (exact) mass is 260 g/mol. The smallest absolute Gasteiger partial charge is 0.188 e. The van der Waals surface area contributed by atoms with Gasteiger partial charge in [0.2, 0.25) is 0 Å². The predicted octanol–water partition coefficient (Wildman–Crippen LogP) is 4.16. The van der Waals surface area contributed by atoms with Crippen molar-refractivity contribution in [1.29, 1.82) is 0 Å². The van der Waals surface area contributed by atoms with Crippen LogP contribution in [0.25, 0.3) is 0 Å². The topological polar surface area (TPSA) is 26.3 Å². The molecule has 2 unspecified atom stereocenters. The predicted molar refractivity (Wildman–Crippen MR) is 77.5 cm³/mol. The van der Waals surface area contributed by atoms with Gasteiger partial charge in [0.15, 0.2) is 5.78 Å². The van der Waals surface area contributed by atoms with Crippen LogP contribution in [0.5, 0.6) is 0 Å². The number of rotatable bonds is 5. The lowest BCUT2D eigenvalue weighted by atomic mass is 9.85. The molecule has 1 aliphatic carbocycles. The minimum atomic E-state index is 0.108. The van der Waals surface area contributed by atoms with E-state index in [-0.39, 0.29) is 18.5 Å². The van der Waals surface area contributed by atoms with Crippen LogP contribution in [0.15, 0.2) is 24.3 Å². The zero-order valence-electron chi connectivity index (χ0n) is 12.0. The number of carbonyl (C=O) groups excluding carboxylic acids is 1. The fourth-order valence-corrected chi connectivity index (χ4v) is 2.92. The molecule has 0 aromatic heterocycles. The number of carbonyl (C=O) groups is 1. The largest absolute Gasteiger partial charge is 0.370 e. The van der Waals surface area contributed by atoms with Gasteiger partial charge in [0.1, 0.15) is 6.61 Å². The van der Waals surface area contributed by atoms with Crippen molar-refractivity contribution in [1.82, 2.24) is 0 Å². The highest BCUT2D eigenvalue weighted by atomic mass is 16.5. The molecule has 0 radical (unpaired) electrons. The fourth-order valence-electron chi connectivity index (χ4n) is 2.92. The Kier molecular flexibility index (Phi) is 5.15. The average Bonchev–Trinajstić information content (AvgIpc) is 2.45. The zero-order chi connectivity index (χ0) is 13.7. The van der Waals surface area contributed by atoms with Crippen molar-refractivity contribution < 1.29 is 9.53 Å². The van der Waals surface area contributed by atoms with E-state index in [0.29, 0.717) is 0 Å². The molecular weight excluding hydrogens is 236 g/mol. The molecule has 2 rings (SSSR count). The Labute approximate surface area is 116 Å². The Bertz CT molecular complexity index is 425. The highest BCUT2D eigenvalue weighted by Crippen LogP contribution is 2.28. The van der Waals surface area contributed by atoms with Gasteiger partial charge < -0.3 is 4.74 Å². The van der Waals surface area contributed by atoms with Gasteiger partial charge in [0, 0.05) is 5.56 Å². The summed E-state index contributed by atoms with van der Waals surface area (Å²) in [5.41, 5.74) is 1.83. The van der Waals surface area contributed by atoms with Crippen LogP contribution in [0.3, 0.4) is 0 Å². The summed E-state index contributed by atoms with van der Waals surface area (Å²) in [7, 11) is 0. The second kappa shape index (κ2) is 6.85. The van der Waals surface area contributed by atoms with Crippen molar-refractivity contribution in [2.24, 2.45) is 5.92 Å². The summed E-state index contributed by atoms with van der Waals surface area (Å²) in [4.78, 5) is 12.1. The van der Waals surface area contributed by atoms with Crippen LogP contribution in [-0.2, 0) is 4.74 Å². The summed E-state index contributed by atoms with van der Waals surface area (Å²) in [6.07, 6.45) is 6.30. The van der Waals surface area contributed by atoms with E-state index >= 15 is 0 Å². The minimum absolute atomic E-state index is 0.108. The normalized spacial score (nSPS) is 23.3. The lowest BCUT2D eigenvalue weighted by molar-refractivity contribution is 0.0156. The van der Waals surface area contributed by atoms with Gasteiger partial charge in [-0.05, 0) is 31.2 Å². The first kappa shape index (κ1) is 14.3. The molecule has 2 atom stereocenters. The van der Waals surface area contributed by atoms with E-state index < -0.39 is 0 Å². The standard InChI is InChI=1S/C17H24O2/c1-3-14-8-6-9-15(11-14)19-12-17(18)16-10-5-4-7-13(16)2/h4-5,7,10,14-15H,3,6,8-9,11-12H2,1-2H3. The first-order valence-electron chi connectivity index (χ1n) is 7.41. The molecule has 0 spiro atoms. The third kappa shape index (κ3) is 3.90. The molecule has 0 aliphatic heterocycles. The molecule has 2 nitrogen and oxygen atoms in total. The number of aryl methyl sites for hydroxylation is 1. The van der Waals surface area contributed by atoms with Crippen LogP contribution >= 0.6 is 0 Å². The number of Topliss-reactive ketones (excluding diaryl/α,β-unsaturated/α-hetero) is 1. The van der Waals surface area contributed by atoms with Gasteiger partial charge in [-0.3, -0.25) is 4.79 Å². The van der Waals surface area contributed by atoms with Crippen LogP contribution in [0.4, 0.5) is 0 Å². The molecule has 0 amide bonds. The van der Waals surface area contributed by atoms with Crippen LogP contribution in [0.1, 0.15) is 54.9 Å². The molecule has 0 saturated heterocycles. The summed E-state index contributed by atoms with van der Waals surface area (Å²) < 4.78 is 5.84. The maximum absolute atomic E-state index is 12.1. The molecule has 0 bridgehead atoms. The van der Waals surface area contributed by atoms with Crippen molar-refractivity contribution in [3.63, 3.8) is 0 Å². The van der Waals surface area contributed by atoms with E-state index in [1.807, 2.05) is 31.2 Å². The van der Waals surface area contributed by atoms with E-state index in [4.69, 9.17) is 4.74 Å². The quantitative estimate of drug-likeness (QED) is 0.743. The lowest BCUT2D eigenvalue weighted by Crippen LogP contribution is -2.25. The first-order valence-corrected chi connectivity index (χ1v) is 7.41. The van der Waals surface area contributed by atoms with Gasteiger partial charge in [-0.1, -0.05) is 50.5 Å². The van der Waals surface area contributed by atoms with Gasteiger partial charge >= 0.3 is 0 Å². The lowest BCUT2D eigenvalue weighted by Gasteiger charge is -2.28. The molecule has 1 saturated carbocycles. The molecule has 104 valence electrons. The Morgan fingerprint density at radius 3 is 2.84 bits per heavy atom. The number of hydrogen-bond acceptors (Lipinski definition) is 2. The Balaban J connectivity index is 1.85. The molecule has 0 N–H and O–H groups in total. The Morgan fingerprint density at radius 2 is 2.11 bits per heavy atom. The van der Waals surface area contributed by atoms with E-state index in [1.165, 1.54) is 19.3 Å². The molecular formula is C17H24O2. The number of ether oxygens (including phenoxy) is 1. The van der Waals surface area contributed by atoms with Gasteiger partial charge in [-0.15, -0.1) is 0 Å². The molecule has 0 heterocycles. The third-order valence-electron chi connectivity index (χ3n) is 4.21. The molecule has 19 heavy (non-hydrogen) atoms. The highest BCUT2D eigenvalue weighted by molar-refractivity contribution is 5.98. The second-order valence-electron chi connectivity index (χ2n) is 5.61. The van der Waals surface area contributed by atoms with Gasteiger partial charge in [-0.25, -0.2) is 0 Å². The van der Waals surface area contributed by atoms with E-state index in [9.17, 15) is 4.79 Å². The zero-order valence-corrected chi connectivity index (χ0v) is 12.0. The van der Waals surface area contributed by atoms with Crippen molar-refractivity contribution >= 4 is 5.78 Å². The van der Waals surface area contributed by atoms with E-state index in [1.54, 1.807) is 0 Å². The van der Waals surface area contributed by atoms with Crippen LogP contribution in [0, 0.1) is 12.8 Å². The SMILES string of the molecule is CCC1CCCC(OCC(=O)c2ccccc2C)C1. The fraction of sp³-hybridized carbons (Fsp3) is 0.588. The summed E-state index contributed by atoms with van der Waals surface area (Å²) in [5.74, 6) is 0.893. The molecule has 1 aliphatic rings. The first-order chi connectivity index (χ1) is 9.20. The molecule has 1 aromatic carbocycles. The summed E-state index contributed by atoms with van der Waals surface area (Å²) in [5, 5.41) is 0. The van der Waals surface area contributed by atoms with Gasteiger partial charge in [-0.2, -0.15) is 0 Å². The van der Waals surface area contributed by atoms with Gasteiger partial charge in [0.05, 0.1) is 6.10 Å². The van der Waals surface area contributed by atoms with Crippen LogP contribution in [-0.4, -0.2) is 18.5 Å². The maximum Gasteiger partial charge on any atom is 0.188 e. The number of ketones is 1. The Hall–Kier alpha value is -1.15. The third-order valence-corrected chi connectivity index (χ3v) is 4.21. The second-order valence-corrected chi connectivity index (χ2v) is 5.61. The van der Waals surface area contributed by atoms with Crippen molar-refractivity contribution in [3.05, 3.63) is 35.4 Å². The highest BCUT2D eigenvalue weighted by Gasteiger charge is 2.22. The molecule has 1 aromatic rings. The Morgan fingerprint density at radius 1 is 1.32 bits per heavy atom. The van der Waals surface area contributed by atoms with E-state index in [0.717, 1.165) is 29.9 Å². The van der Waals surface area contributed by atoms with Crippen molar-refractivity contribution in [2.45, 2.75) is 52.1 Å². The van der Waals surface area contributed by atoms with E-state index in [2.05, 4.69) is 6.92 Å². The number of hydrogen-bond donors (Lipinski definition) is 0. The number of benzene rings is 1. The maximum atomic E-state index is 12.1. The summed E-state index contributed by atoms with van der Waals surface area (Å²) in [6, 6.07) is 7.73. The summed E-state index contributed by atoms with van der Waals surface area (Å²) in [6.45, 7) is 4.44. The van der Waals surface area contributed by atoms with Crippen molar-refractivity contribution in [3.8, 4) is 0 Å². The van der Waals surface area contributed by atoms with Crippen molar-refractivity contribution in [2.75, 3.05) is 6.61 Å². The average molecular weight is 260 g/mol. The van der Waals surface area contributed by atoms with Gasteiger partial charge in [0.25, 0.3) is 0 Å². The van der Waals surface area contributed by atoms with Crippen LogP contribution in [0.2, 0.25) is 0 Å². The summed E-state index contributed by atoms with van der Waals surface area (Å²) >= 11 is 0.